The van der Waals surface area contributed by atoms with E-state index in [1.807, 2.05) is 107 Å². The SMILES string of the molecule is CCC1=C(C)C2=C(c3ccc(C4=C5C(C)=C(CC)C(C)=[N+]5[B-](F)(F)n5c(C)c(CC)c(C)c54)cc3)c3c(C)c(CC)c(C)n3[B-](F)(F)[N+]2=C1C. The van der Waals surface area contributed by atoms with Crippen molar-refractivity contribution in [3.8, 4) is 0 Å². The molecule has 0 unspecified atom stereocenters. The Morgan fingerprint density at radius 1 is 0.520 bits per heavy atom. The third-order valence-corrected chi connectivity index (χ3v) is 12.5. The van der Waals surface area contributed by atoms with Gasteiger partial charge in [0.1, 0.15) is 11.4 Å². The second-order valence-electron chi connectivity index (χ2n) is 14.5. The highest BCUT2D eigenvalue weighted by molar-refractivity contribution is 6.59. The first-order chi connectivity index (χ1) is 23.5. The molecule has 0 saturated carbocycles. The zero-order valence-corrected chi connectivity index (χ0v) is 31.6. The van der Waals surface area contributed by atoms with Gasteiger partial charge in [-0.05, 0) is 112 Å². The van der Waals surface area contributed by atoms with Gasteiger partial charge in [0.25, 0.3) is 0 Å². The van der Waals surface area contributed by atoms with Gasteiger partial charge < -0.3 is 35.2 Å². The largest absolute Gasteiger partial charge is 0.737 e. The van der Waals surface area contributed by atoms with E-state index in [2.05, 4.69) is 0 Å². The van der Waals surface area contributed by atoms with Crippen LogP contribution in [0.2, 0.25) is 0 Å². The van der Waals surface area contributed by atoms with E-state index < -0.39 is 13.9 Å². The first-order valence-corrected chi connectivity index (χ1v) is 18.3. The second-order valence-corrected chi connectivity index (χ2v) is 14.5. The Balaban J connectivity index is 1.54. The van der Waals surface area contributed by atoms with Gasteiger partial charge in [-0.2, -0.15) is 0 Å². The van der Waals surface area contributed by atoms with Crippen molar-refractivity contribution in [3.05, 3.63) is 114 Å². The molecule has 10 heteroatoms. The number of aromatic nitrogens is 2. The molecule has 50 heavy (non-hydrogen) atoms. The van der Waals surface area contributed by atoms with Crippen molar-refractivity contribution in [2.45, 2.75) is 109 Å². The third-order valence-electron chi connectivity index (χ3n) is 12.5. The van der Waals surface area contributed by atoms with Gasteiger partial charge in [-0.25, -0.2) is 0 Å². The summed E-state index contributed by atoms with van der Waals surface area (Å²) in [5.41, 5.74) is 15.3. The van der Waals surface area contributed by atoms with Gasteiger partial charge in [-0.3, -0.25) is 0 Å². The first-order valence-electron chi connectivity index (χ1n) is 18.3. The van der Waals surface area contributed by atoms with Crippen molar-refractivity contribution in [2.24, 2.45) is 0 Å². The van der Waals surface area contributed by atoms with Crippen LogP contribution in [0.4, 0.5) is 17.3 Å². The fourth-order valence-electron chi connectivity index (χ4n) is 10.3. The summed E-state index contributed by atoms with van der Waals surface area (Å²) in [5, 5.41) is 0. The summed E-state index contributed by atoms with van der Waals surface area (Å²) < 4.78 is 72.5. The van der Waals surface area contributed by atoms with Gasteiger partial charge in [0, 0.05) is 47.5 Å². The fraction of sp³-hybridized carbons (Fsp3) is 0.400. The monoisotopic (exact) mass is 682 g/mol. The Morgan fingerprint density at radius 2 is 0.840 bits per heavy atom. The maximum absolute atomic E-state index is 16.8. The Bertz CT molecular complexity index is 2110. The summed E-state index contributed by atoms with van der Waals surface area (Å²) in [7, 11) is 0. The molecule has 0 bridgehead atoms. The number of allylic oxidation sites excluding steroid dienone is 4. The Labute approximate surface area is 294 Å². The zero-order chi connectivity index (χ0) is 36.5. The second kappa shape index (κ2) is 11.2. The molecule has 262 valence electrons. The van der Waals surface area contributed by atoms with E-state index in [0.717, 1.165) is 66.8 Å². The molecule has 0 saturated heterocycles. The summed E-state index contributed by atoms with van der Waals surface area (Å²) in [5.74, 6) is 0. The lowest BCUT2D eigenvalue weighted by Gasteiger charge is -2.34. The number of benzene rings is 1. The van der Waals surface area contributed by atoms with Crippen LogP contribution in [0.5, 0.6) is 0 Å². The molecule has 2 aromatic heterocycles. The predicted molar refractivity (Wildman–Crippen MR) is 200 cm³/mol. The summed E-state index contributed by atoms with van der Waals surface area (Å²) in [4.78, 5) is 0. The summed E-state index contributed by atoms with van der Waals surface area (Å²) in [6.07, 6.45) is 2.63. The van der Waals surface area contributed by atoms with E-state index in [9.17, 15) is 0 Å². The molecule has 1 aromatic carbocycles. The van der Waals surface area contributed by atoms with E-state index in [1.54, 1.807) is 0 Å². The normalized spacial score (nSPS) is 19.4. The van der Waals surface area contributed by atoms with Crippen LogP contribution in [-0.4, -0.2) is 43.3 Å². The van der Waals surface area contributed by atoms with Crippen molar-refractivity contribution < 1.29 is 26.2 Å². The highest BCUT2D eigenvalue weighted by Crippen LogP contribution is 2.50. The minimum Gasteiger partial charge on any atom is -0.393 e. The van der Waals surface area contributed by atoms with Crippen LogP contribution in [0.15, 0.2) is 58.0 Å². The van der Waals surface area contributed by atoms with Crippen LogP contribution >= 0.6 is 0 Å². The third kappa shape index (κ3) is 4.02. The summed E-state index contributed by atoms with van der Waals surface area (Å²) in [6, 6.07) is 8.03. The molecule has 0 radical (unpaired) electrons. The topological polar surface area (TPSA) is 15.9 Å². The molecular formula is C40H48B2F4N4. The van der Waals surface area contributed by atoms with Gasteiger partial charge in [0.15, 0.2) is 11.4 Å². The lowest BCUT2D eigenvalue weighted by molar-refractivity contribution is -0.364. The Morgan fingerprint density at radius 3 is 1.12 bits per heavy atom. The summed E-state index contributed by atoms with van der Waals surface area (Å²) >= 11 is 0. The molecule has 0 atom stereocenters. The van der Waals surface area contributed by atoms with Crippen LogP contribution in [-0.2, 0) is 12.8 Å². The molecule has 0 aliphatic carbocycles. The molecule has 4 aliphatic heterocycles. The van der Waals surface area contributed by atoms with Gasteiger partial charge in [0.2, 0.25) is 0 Å². The number of nitrogens with zero attached hydrogens (tertiary/aromatic N) is 4. The molecule has 4 aliphatic rings. The maximum Gasteiger partial charge on any atom is 0.737 e. The van der Waals surface area contributed by atoms with Crippen molar-refractivity contribution in [2.75, 3.05) is 0 Å². The Kier molecular flexibility index (Phi) is 7.71. The smallest absolute Gasteiger partial charge is 0.393 e. The molecule has 0 fully saturated rings. The lowest BCUT2D eigenvalue weighted by atomic mass is 9.82. The van der Waals surface area contributed by atoms with Crippen molar-refractivity contribution in [1.29, 1.82) is 0 Å². The molecular weight excluding hydrogens is 634 g/mol. The number of fused-ring (bicyclic) bond motifs is 4. The predicted octanol–water partition coefficient (Wildman–Crippen LogP) is 10.1. The minimum atomic E-state index is -4.13. The molecule has 0 spiro atoms. The molecule has 7 rings (SSSR count). The van der Waals surface area contributed by atoms with Crippen molar-refractivity contribution >= 4 is 36.5 Å². The van der Waals surface area contributed by atoms with Crippen LogP contribution in [0, 0.1) is 27.7 Å². The van der Waals surface area contributed by atoms with Gasteiger partial charge in [-0.15, -0.1) is 0 Å². The van der Waals surface area contributed by atoms with Crippen molar-refractivity contribution in [3.63, 3.8) is 0 Å². The highest BCUT2D eigenvalue weighted by atomic mass is 19.3. The minimum absolute atomic E-state index is 0.571. The van der Waals surface area contributed by atoms with E-state index in [0.29, 0.717) is 71.3 Å². The van der Waals surface area contributed by atoms with Gasteiger partial charge >= 0.3 is 13.9 Å². The Hall–Kier alpha value is -4.07. The average molecular weight is 682 g/mol. The highest BCUT2D eigenvalue weighted by Gasteiger charge is 2.58. The average Bonchev–Trinajstić information content (AvgIpc) is 3.68. The van der Waals surface area contributed by atoms with Crippen molar-refractivity contribution in [1.82, 2.24) is 8.96 Å². The van der Waals surface area contributed by atoms with Crippen LogP contribution < -0.4 is 0 Å². The maximum atomic E-state index is 16.8. The van der Waals surface area contributed by atoms with Crippen LogP contribution in [0.1, 0.15) is 124 Å². The molecule has 6 heterocycles. The summed E-state index contributed by atoms with van der Waals surface area (Å²) in [6.45, 7) is 14.9. The molecule has 0 amide bonds. The van der Waals surface area contributed by atoms with E-state index in [1.165, 1.54) is 17.9 Å². The number of halogens is 4. The van der Waals surface area contributed by atoms with Crippen LogP contribution in [0.25, 0.3) is 11.1 Å². The molecule has 4 nitrogen and oxygen atoms in total. The molecule has 3 aromatic rings. The number of rotatable bonds is 6. The quantitative estimate of drug-likeness (QED) is 0.182. The first kappa shape index (κ1) is 34.4. The van der Waals surface area contributed by atoms with Gasteiger partial charge in [-0.1, -0.05) is 52.0 Å². The molecule has 0 N–H and O–H groups in total. The van der Waals surface area contributed by atoms with E-state index >= 15 is 17.3 Å². The standard InChI is InChI=1S/C40H48B2F4N4/c1-13-31-21(5)37-35(38-22(6)32(14-2)26(10)48(38)41(43,44)47(37)25(31)9)29-17-19-30(20-18-29)36-39-23(7)33(15-3)27(11)49(39)42(45,46)50-28(12)34(16-4)24(8)40(36)50/h17-20H,13-16H2,1-12H3. The lowest BCUT2D eigenvalue weighted by Crippen LogP contribution is -2.51. The van der Waals surface area contributed by atoms with E-state index in [4.69, 9.17) is 0 Å². The number of hydrogen-bond donors (Lipinski definition) is 0. The zero-order valence-electron chi connectivity index (χ0n) is 31.6. The number of hydrogen-bond acceptors (Lipinski definition) is 0. The van der Waals surface area contributed by atoms with Gasteiger partial charge in [0.05, 0.1) is 11.1 Å². The van der Waals surface area contributed by atoms with E-state index in [-0.39, 0.29) is 0 Å². The fourth-order valence-corrected chi connectivity index (χ4v) is 10.3. The van der Waals surface area contributed by atoms with Crippen LogP contribution in [0.3, 0.4) is 0 Å².